The van der Waals surface area contributed by atoms with E-state index in [9.17, 15) is 9.90 Å². The zero-order valence-corrected chi connectivity index (χ0v) is 14.2. The second-order valence-electron chi connectivity index (χ2n) is 6.38. The van der Waals surface area contributed by atoms with Crippen LogP contribution in [0.1, 0.15) is 46.8 Å². The topological polar surface area (TPSA) is 88.2 Å². The summed E-state index contributed by atoms with van der Waals surface area (Å²) in [5.74, 6) is 4.47. The summed E-state index contributed by atoms with van der Waals surface area (Å²) in [6, 6.07) is 0. The predicted molar refractivity (Wildman–Crippen MR) is 89.2 cm³/mol. The van der Waals surface area contributed by atoms with E-state index < -0.39 is 5.97 Å². The lowest BCUT2D eigenvalue weighted by molar-refractivity contribution is 0.0696. The molecule has 0 unspecified atom stereocenters. The molecule has 4 N–H and O–H groups in total. The minimum Gasteiger partial charge on any atom is -0.478 e. The second kappa shape index (κ2) is 5.73. The van der Waals surface area contributed by atoms with Gasteiger partial charge in [-0.25, -0.2) is 9.78 Å². The Morgan fingerprint density at radius 2 is 2.32 bits per heavy atom. The molecule has 0 fully saturated rings. The lowest BCUT2D eigenvalue weighted by Gasteiger charge is -2.29. The number of carboxylic acid groups (broad SMARTS) is 1. The quantitative estimate of drug-likeness (QED) is 0.589. The molecule has 0 amide bonds. The van der Waals surface area contributed by atoms with Crippen molar-refractivity contribution in [2.45, 2.75) is 39.7 Å². The molecule has 2 aromatic rings. The van der Waals surface area contributed by atoms with Crippen molar-refractivity contribution < 1.29 is 9.90 Å². The molecule has 1 aliphatic carbocycles. The Labute approximate surface area is 137 Å². The maximum Gasteiger partial charge on any atom is 0.337 e. The number of thiophene rings is 1. The lowest BCUT2D eigenvalue weighted by Crippen LogP contribution is -2.22. The minimum absolute atomic E-state index is 0.160. The highest BCUT2D eigenvalue weighted by molar-refractivity contribution is 7.21. The number of fused-ring (bicyclic) bond motifs is 1. The van der Waals surface area contributed by atoms with E-state index in [2.05, 4.69) is 24.3 Å². The fraction of sp³-hybridized carbons (Fsp3) is 0.467. The first-order valence-corrected chi connectivity index (χ1v) is 8.87. The summed E-state index contributed by atoms with van der Waals surface area (Å²) in [6.45, 7) is 4.89. The summed E-state index contributed by atoms with van der Waals surface area (Å²) in [5, 5.41) is 12.4. The normalized spacial score (nSPS) is 16.5. The zero-order valence-electron chi connectivity index (χ0n) is 12.6. The SMILES string of the molecule is CC1(C)CCc2sc(-c3nc(CNN)cs3)c(C(=O)O)c2C1. The Morgan fingerprint density at radius 1 is 1.55 bits per heavy atom. The molecule has 0 bridgehead atoms. The standard InChI is InChI=1S/C15H19N3O2S2/c1-15(2)4-3-10-9(5-15)11(14(19)20)12(22-10)13-18-8(6-17-16)7-21-13/h7,17H,3-6,16H2,1-2H3,(H,19,20). The highest BCUT2D eigenvalue weighted by atomic mass is 32.1. The van der Waals surface area contributed by atoms with Crippen molar-refractivity contribution in [3.63, 3.8) is 0 Å². The van der Waals surface area contributed by atoms with E-state index in [1.54, 1.807) is 11.3 Å². The van der Waals surface area contributed by atoms with E-state index in [-0.39, 0.29) is 5.41 Å². The number of carboxylic acids is 1. The van der Waals surface area contributed by atoms with E-state index >= 15 is 0 Å². The van der Waals surface area contributed by atoms with Gasteiger partial charge in [0.15, 0.2) is 0 Å². The van der Waals surface area contributed by atoms with Crippen LogP contribution in [0.4, 0.5) is 0 Å². The monoisotopic (exact) mass is 337 g/mol. The molecule has 0 saturated carbocycles. The van der Waals surface area contributed by atoms with Gasteiger partial charge < -0.3 is 5.11 Å². The van der Waals surface area contributed by atoms with Crippen molar-refractivity contribution in [3.05, 3.63) is 27.1 Å². The van der Waals surface area contributed by atoms with E-state index in [4.69, 9.17) is 5.84 Å². The van der Waals surface area contributed by atoms with Gasteiger partial charge in [-0.2, -0.15) is 0 Å². The number of hydrazine groups is 1. The van der Waals surface area contributed by atoms with Crippen LogP contribution >= 0.6 is 22.7 Å². The third kappa shape index (κ3) is 2.81. The molecule has 118 valence electrons. The highest BCUT2D eigenvalue weighted by Gasteiger charge is 2.33. The molecule has 0 spiro atoms. The molecule has 1 aliphatic rings. The molecule has 3 rings (SSSR count). The van der Waals surface area contributed by atoms with Crippen molar-refractivity contribution >= 4 is 28.6 Å². The molecule has 7 heteroatoms. The van der Waals surface area contributed by atoms with Crippen LogP contribution in [0.5, 0.6) is 0 Å². The van der Waals surface area contributed by atoms with Gasteiger partial charge in [-0.1, -0.05) is 13.8 Å². The molecule has 2 aromatic heterocycles. The van der Waals surface area contributed by atoms with Crippen molar-refractivity contribution in [1.82, 2.24) is 10.4 Å². The highest BCUT2D eigenvalue weighted by Crippen LogP contribution is 2.45. The molecule has 22 heavy (non-hydrogen) atoms. The van der Waals surface area contributed by atoms with Gasteiger partial charge >= 0.3 is 5.97 Å². The molecule has 0 saturated heterocycles. The molecule has 0 aliphatic heterocycles. The van der Waals surface area contributed by atoms with E-state index in [0.29, 0.717) is 12.1 Å². The number of hydrogen-bond donors (Lipinski definition) is 3. The number of aryl methyl sites for hydroxylation is 1. The van der Waals surface area contributed by atoms with Crippen molar-refractivity contribution in [1.29, 1.82) is 0 Å². The van der Waals surface area contributed by atoms with Crippen LogP contribution in [0.3, 0.4) is 0 Å². The van der Waals surface area contributed by atoms with Crippen LogP contribution in [0.15, 0.2) is 5.38 Å². The summed E-state index contributed by atoms with van der Waals surface area (Å²) in [4.78, 5) is 18.3. The van der Waals surface area contributed by atoms with Crippen molar-refractivity contribution in [2.24, 2.45) is 11.3 Å². The van der Waals surface area contributed by atoms with Gasteiger partial charge in [0.2, 0.25) is 0 Å². The van der Waals surface area contributed by atoms with Gasteiger partial charge in [0.1, 0.15) is 5.01 Å². The Hall–Kier alpha value is -1.28. The Balaban J connectivity index is 2.08. The number of thiazole rings is 1. The number of carbonyl (C=O) groups is 1. The van der Waals surface area contributed by atoms with Crippen molar-refractivity contribution in [2.75, 3.05) is 0 Å². The van der Waals surface area contributed by atoms with Crippen LogP contribution in [0.2, 0.25) is 0 Å². The van der Waals surface area contributed by atoms with Gasteiger partial charge in [-0.15, -0.1) is 22.7 Å². The summed E-state index contributed by atoms with van der Waals surface area (Å²) >= 11 is 3.07. The number of rotatable bonds is 4. The Morgan fingerprint density at radius 3 is 3.00 bits per heavy atom. The number of nitrogens with zero attached hydrogens (tertiary/aromatic N) is 1. The van der Waals surface area contributed by atoms with Gasteiger partial charge in [0.05, 0.1) is 22.7 Å². The largest absolute Gasteiger partial charge is 0.478 e. The first-order valence-electron chi connectivity index (χ1n) is 7.17. The van der Waals surface area contributed by atoms with Crippen LogP contribution in [-0.4, -0.2) is 16.1 Å². The average molecular weight is 337 g/mol. The predicted octanol–water partition coefficient (Wildman–Crippen LogP) is 3.05. The third-order valence-electron chi connectivity index (χ3n) is 4.02. The van der Waals surface area contributed by atoms with Gasteiger partial charge in [-0.05, 0) is 30.2 Å². The minimum atomic E-state index is -0.848. The second-order valence-corrected chi connectivity index (χ2v) is 8.34. The van der Waals surface area contributed by atoms with E-state index in [1.807, 2.05) is 5.38 Å². The smallest absolute Gasteiger partial charge is 0.337 e. The van der Waals surface area contributed by atoms with Crippen molar-refractivity contribution in [3.8, 4) is 9.88 Å². The van der Waals surface area contributed by atoms with Crippen LogP contribution in [-0.2, 0) is 19.4 Å². The summed E-state index contributed by atoms with van der Waals surface area (Å²) in [7, 11) is 0. The first-order chi connectivity index (χ1) is 10.4. The number of aromatic carboxylic acids is 1. The average Bonchev–Trinajstić information content (AvgIpc) is 3.01. The number of nitrogens with two attached hydrogens (primary N) is 1. The number of hydrogen-bond acceptors (Lipinski definition) is 6. The maximum atomic E-state index is 11.8. The summed E-state index contributed by atoms with van der Waals surface area (Å²) in [6.07, 6.45) is 2.87. The van der Waals surface area contributed by atoms with Crippen LogP contribution < -0.4 is 11.3 Å². The molecule has 0 atom stereocenters. The molecule has 0 radical (unpaired) electrons. The Kier molecular flexibility index (Phi) is 4.07. The van der Waals surface area contributed by atoms with Gasteiger partial charge in [0, 0.05) is 10.3 Å². The first kappa shape index (κ1) is 15.6. The third-order valence-corrected chi connectivity index (χ3v) is 6.35. The zero-order chi connectivity index (χ0) is 15.9. The molecule has 2 heterocycles. The molecule has 5 nitrogen and oxygen atoms in total. The fourth-order valence-electron chi connectivity index (χ4n) is 2.89. The molecular weight excluding hydrogens is 318 g/mol. The van der Waals surface area contributed by atoms with E-state index in [0.717, 1.165) is 40.4 Å². The molecule has 0 aromatic carbocycles. The fourth-order valence-corrected chi connectivity index (χ4v) is 5.12. The summed E-state index contributed by atoms with van der Waals surface area (Å²) in [5.41, 5.74) is 5.04. The lowest BCUT2D eigenvalue weighted by atomic mass is 9.76. The summed E-state index contributed by atoms with van der Waals surface area (Å²) < 4.78 is 0. The number of nitrogens with one attached hydrogen (secondary N) is 1. The van der Waals surface area contributed by atoms with Crippen LogP contribution in [0.25, 0.3) is 9.88 Å². The Bertz CT molecular complexity index is 718. The van der Waals surface area contributed by atoms with Gasteiger partial charge in [0.25, 0.3) is 0 Å². The maximum absolute atomic E-state index is 11.8. The molecular formula is C15H19N3O2S2. The van der Waals surface area contributed by atoms with Crippen LogP contribution in [0, 0.1) is 5.41 Å². The number of aromatic nitrogens is 1. The van der Waals surface area contributed by atoms with E-state index in [1.165, 1.54) is 16.2 Å². The van der Waals surface area contributed by atoms with Gasteiger partial charge in [-0.3, -0.25) is 11.3 Å².